The van der Waals surface area contributed by atoms with Crippen LogP contribution in [0.1, 0.15) is 58.3 Å². The van der Waals surface area contributed by atoms with Gasteiger partial charge in [-0.15, -0.1) is 0 Å². The number of pyridine rings is 1. The van der Waals surface area contributed by atoms with E-state index in [9.17, 15) is 18.7 Å². The smallest absolute Gasteiger partial charge is 0.335 e. The van der Waals surface area contributed by atoms with Gasteiger partial charge in [0, 0.05) is 23.0 Å². The lowest BCUT2D eigenvalue weighted by Crippen LogP contribution is -2.27. The second-order valence-corrected chi connectivity index (χ2v) is 12.1. The van der Waals surface area contributed by atoms with E-state index in [0.29, 0.717) is 46.8 Å². The molecule has 6 rings (SSSR count). The van der Waals surface area contributed by atoms with Gasteiger partial charge in [0.05, 0.1) is 53.2 Å². The Kier molecular flexibility index (Phi) is 8.00. The highest BCUT2D eigenvalue weighted by atomic mass is 19.1. The zero-order valence-corrected chi connectivity index (χ0v) is 25.3. The fraction of sp³-hybridized carbons (Fsp3) is 0.257. The highest BCUT2D eigenvalue weighted by molar-refractivity contribution is 5.92. The third kappa shape index (κ3) is 5.79. The number of nitrogens with zero attached hydrogens (tertiary/aromatic N) is 4. The van der Waals surface area contributed by atoms with Crippen LogP contribution in [0.2, 0.25) is 0 Å². The average Bonchev–Trinajstić information content (AvgIpc) is 3.55. The summed E-state index contributed by atoms with van der Waals surface area (Å²) in [7, 11) is 0. The van der Waals surface area contributed by atoms with Gasteiger partial charge in [-0.1, -0.05) is 26.0 Å². The van der Waals surface area contributed by atoms with Crippen LogP contribution in [0, 0.1) is 41.1 Å². The molecule has 234 valence electrons. The van der Waals surface area contributed by atoms with Crippen molar-refractivity contribution in [3.63, 3.8) is 0 Å². The molecule has 1 unspecified atom stereocenters. The van der Waals surface area contributed by atoms with Gasteiger partial charge in [0.1, 0.15) is 24.1 Å². The van der Waals surface area contributed by atoms with E-state index in [0.717, 1.165) is 12.1 Å². The zero-order chi connectivity index (χ0) is 32.7. The van der Waals surface area contributed by atoms with Crippen molar-refractivity contribution in [2.75, 3.05) is 13.2 Å². The Hall–Kier alpha value is -5.21. The van der Waals surface area contributed by atoms with Crippen LogP contribution >= 0.6 is 0 Å². The molecule has 3 heterocycles. The van der Waals surface area contributed by atoms with Crippen LogP contribution in [0.3, 0.4) is 0 Å². The number of imidazole rings is 1. The Morgan fingerprint density at radius 2 is 1.83 bits per heavy atom. The molecule has 1 N–H and O–H groups in total. The molecule has 1 fully saturated rings. The SMILES string of the molecule is Cc1cc(Cc2nc3ccc(C(=O)O)cc3n2C2COCC2(C)C)c(F)cc1-c1ccc(F)c(OCc2ccc(C#N)cc2F)n1. The summed E-state index contributed by atoms with van der Waals surface area (Å²) in [4.78, 5) is 20.8. The van der Waals surface area contributed by atoms with E-state index in [2.05, 4.69) is 18.8 Å². The molecule has 8 nitrogen and oxygen atoms in total. The van der Waals surface area contributed by atoms with Crippen molar-refractivity contribution in [1.82, 2.24) is 14.5 Å². The number of carbonyl (C=O) groups is 1. The number of benzene rings is 3. The normalized spacial score (nSPS) is 15.6. The van der Waals surface area contributed by atoms with E-state index in [1.807, 2.05) is 10.6 Å². The molecule has 5 aromatic rings. The summed E-state index contributed by atoms with van der Waals surface area (Å²) in [5.74, 6) is -2.82. The number of halogens is 3. The van der Waals surface area contributed by atoms with Crippen LogP contribution in [-0.2, 0) is 17.8 Å². The summed E-state index contributed by atoms with van der Waals surface area (Å²) < 4.78 is 58.0. The van der Waals surface area contributed by atoms with Gasteiger partial charge in [0.15, 0.2) is 5.82 Å². The Balaban J connectivity index is 1.32. The number of nitriles is 1. The van der Waals surface area contributed by atoms with Crippen molar-refractivity contribution in [2.45, 2.75) is 39.8 Å². The highest BCUT2D eigenvalue weighted by Gasteiger charge is 2.39. The van der Waals surface area contributed by atoms with Crippen LogP contribution in [-0.4, -0.2) is 38.8 Å². The van der Waals surface area contributed by atoms with Gasteiger partial charge in [0.25, 0.3) is 5.88 Å². The average molecular weight is 627 g/mol. The maximum absolute atomic E-state index is 15.8. The molecule has 1 saturated heterocycles. The molecule has 0 aliphatic carbocycles. The topological polar surface area (TPSA) is 110 Å². The van der Waals surface area contributed by atoms with Gasteiger partial charge in [-0.3, -0.25) is 0 Å². The molecule has 2 aromatic heterocycles. The molecule has 46 heavy (non-hydrogen) atoms. The van der Waals surface area contributed by atoms with Gasteiger partial charge in [-0.05, 0) is 66.6 Å². The monoisotopic (exact) mass is 626 g/mol. The second-order valence-electron chi connectivity index (χ2n) is 12.1. The van der Waals surface area contributed by atoms with E-state index in [-0.39, 0.29) is 52.7 Å². The van der Waals surface area contributed by atoms with Gasteiger partial charge in [0.2, 0.25) is 0 Å². The number of rotatable bonds is 8. The van der Waals surface area contributed by atoms with Crippen molar-refractivity contribution < 1.29 is 32.5 Å². The minimum atomic E-state index is -1.06. The summed E-state index contributed by atoms with van der Waals surface area (Å²) in [6, 6.07) is 15.9. The predicted octanol–water partition coefficient (Wildman–Crippen LogP) is 7.16. The molecule has 0 saturated carbocycles. The van der Waals surface area contributed by atoms with Gasteiger partial charge in [-0.25, -0.2) is 27.9 Å². The first-order valence-electron chi connectivity index (χ1n) is 14.5. The van der Waals surface area contributed by atoms with E-state index < -0.39 is 23.4 Å². The van der Waals surface area contributed by atoms with Gasteiger partial charge >= 0.3 is 5.97 Å². The van der Waals surface area contributed by atoms with Crippen LogP contribution in [0.4, 0.5) is 13.2 Å². The fourth-order valence-corrected chi connectivity index (χ4v) is 5.81. The molecule has 0 amide bonds. The molecule has 1 atom stereocenters. The number of ether oxygens (including phenoxy) is 2. The third-order valence-electron chi connectivity index (χ3n) is 8.35. The number of aromatic nitrogens is 3. The Morgan fingerprint density at radius 3 is 2.52 bits per heavy atom. The molecule has 1 aliphatic heterocycles. The van der Waals surface area contributed by atoms with Crippen molar-refractivity contribution in [2.24, 2.45) is 5.41 Å². The molecule has 3 aromatic carbocycles. The zero-order valence-electron chi connectivity index (χ0n) is 25.3. The van der Waals surface area contributed by atoms with Crippen molar-refractivity contribution >= 4 is 17.0 Å². The number of hydrogen-bond acceptors (Lipinski definition) is 6. The van der Waals surface area contributed by atoms with E-state index in [1.54, 1.807) is 25.1 Å². The first-order chi connectivity index (χ1) is 21.9. The molecular formula is C35H29F3N4O4. The van der Waals surface area contributed by atoms with Crippen LogP contribution in [0.5, 0.6) is 5.88 Å². The molecule has 0 spiro atoms. The largest absolute Gasteiger partial charge is 0.478 e. The number of hydrogen-bond donors (Lipinski definition) is 1. The molecular weight excluding hydrogens is 597 g/mol. The lowest BCUT2D eigenvalue weighted by molar-refractivity contribution is 0.0697. The molecule has 0 radical (unpaired) electrons. The summed E-state index contributed by atoms with van der Waals surface area (Å²) in [6.45, 7) is 6.50. The molecule has 0 bridgehead atoms. The van der Waals surface area contributed by atoms with Crippen molar-refractivity contribution in [3.05, 3.63) is 112 Å². The maximum Gasteiger partial charge on any atom is 0.335 e. The number of fused-ring (bicyclic) bond motifs is 1. The standard InChI is InChI=1S/C35H29F3N4O4/c1-19-10-23(13-32-40-29-8-6-21(34(43)44)12-30(29)42(32)31-17-45-18-35(31,2)3)27(38)14-24(19)28-9-7-25(36)33(41-28)46-16-22-5-4-20(15-39)11-26(22)37/h4-12,14,31H,13,16-18H2,1-3H3,(H,43,44). The summed E-state index contributed by atoms with van der Waals surface area (Å²) in [5.41, 5.74) is 3.06. The Labute approximate surface area is 262 Å². The minimum absolute atomic E-state index is 0.120. The van der Waals surface area contributed by atoms with Crippen molar-refractivity contribution in [1.29, 1.82) is 5.26 Å². The first kappa shape index (κ1) is 30.8. The third-order valence-corrected chi connectivity index (χ3v) is 8.35. The lowest BCUT2D eigenvalue weighted by Gasteiger charge is -2.28. The lowest BCUT2D eigenvalue weighted by atomic mass is 9.87. The van der Waals surface area contributed by atoms with E-state index in [4.69, 9.17) is 19.7 Å². The Morgan fingerprint density at radius 1 is 1.04 bits per heavy atom. The summed E-state index contributed by atoms with van der Waals surface area (Å²) in [5, 5.41) is 18.6. The van der Waals surface area contributed by atoms with Gasteiger partial charge in [-0.2, -0.15) is 5.26 Å². The van der Waals surface area contributed by atoms with Gasteiger partial charge < -0.3 is 19.1 Å². The van der Waals surface area contributed by atoms with E-state index >= 15 is 4.39 Å². The summed E-state index contributed by atoms with van der Waals surface area (Å²) in [6.07, 6.45) is 0.123. The minimum Gasteiger partial charge on any atom is -0.478 e. The van der Waals surface area contributed by atoms with Crippen LogP contribution in [0.25, 0.3) is 22.3 Å². The predicted molar refractivity (Wildman–Crippen MR) is 163 cm³/mol. The number of carboxylic acid groups (broad SMARTS) is 1. The van der Waals surface area contributed by atoms with Crippen LogP contribution < -0.4 is 4.74 Å². The summed E-state index contributed by atoms with van der Waals surface area (Å²) >= 11 is 0. The maximum atomic E-state index is 15.8. The first-order valence-corrected chi connectivity index (χ1v) is 14.5. The van der Waals surface area contributed by atoms with Crippen LogP contribution in [0.15, 0.2) is 60.7 Å². The number of aromatic carboxylic acids is 1. The Bertz CT molecular complexity index is 2050. The van der Waals surface area contributed by atoms with E-state index in [1.165, 1.54) is 30.3 Å². The molecule has 11 heteroatoms. The quantitative estimate of drug-likeness (QED) is 0.195. The highest BCUT2D eigenvalue weighted by Crippen LogP contribution is 2.41. The molecule has 1 aliphatic rings. The van der Waals surface area contributed by atoms with Crippen molar-refractivity contribution in [3.8, 4) is 23.2 Å². The number of carboxylic acids is 1. The number of aryl methyl sites for hydroxylation is 1. The fourth-order valence-electron chi connectivity index (χ4n) is 5.81. The second kappa shape index (κ2) is 11.9.